The zero-order valence-corrected chi connectivity index (χ0v) is 13.1. The third-order valence-electron chi connectivity index (χ3n) is 2.10. The molecule has 1 aromatic rings. The van der Waals surface area contributed by atoms with Crippen LogP contribution in [0.25, 0.3) is 0 Å². The molecule has 10 heteroatoms. The summed E-state index contributed by atoms with van der Waals surface area (Å²) >= 11 is 6.43. The summed E-state index contributed by atoms with van der Waals surface area (Å²) in [5.74, 6) is -0.143. The van der Waals surface area contributed by atoms with E-state index in [-0.39, 0.29) is 33.8 Å². The number of rotatable bonds is 6. The van der Waals surface area contributed by atoms with Crippen molar-refractivity contribution in [1.29, 1.82) is 0 Å². The maximum Gasteiger partial charge on any atom is 0.272 e. The lowest BCUT2D eigenvalue weighted by Crippen LogP contribution is -2.38. The normalized spacial score (nSPS) is 12.1. The second-order valence-corrected chi connectivity index (χ2v) is 7.37. The molecule has 1 rings (SSSR count). The molecule has 1 N–H and O–H groups in total. The summed E-state index contributed by atoms with van der Waals surface area (Å²) in [6.07, 6.45) is 0. The second kappa shape index (κ2) is 6.60. The van der Waals surface area contributed by atoms with Crippen LogP contribution in [0.4, 0.5) is 5.13 Å². The molecule has 0 radical (unpaired) electrons. The Morgan fingerprint density at radius 3 is 2.58 bits per heavy atom. The number of carbonyl (C=O) groups excluding carboxylic acids is 1. The fraction of sp³-hybridized carbons (Fsp3) is 0.667. The van der Waals surface area contributed by atoms with Crippen molar-refractivity contribution in [3.05, 3.63) is 0 Å². The van der Waals surface area contributed by atoms with Crippen molar-refractivity contribution in [2.24, 2.45) is 0 Å². The van der Waals surface area contributed by atoms with Gasteiger partial charge in [-0.1, -0.05) is 11.3 Å². The third kappa shape index (κ3) is 4.10. The summed E-state index contributed by atoms with van der Waals surface area (Å²) in [5, 5.41) is 9.78. The van der Waals surface area contributed by atoms with Gasteiger partial charge >= 0.3 is 0 Å². The standard InChI is InChI=1S/C9H15ClN4O3S2/c1-6(2)14(5-4-10)19(16,17)9-13-12-8(18-9)11-7(3)15/h6H,4-5H2,1-3H3,(H,11,12,15). The topological polar surface area (TPSA) is 92.3 Å². The molecule has 0 unspecified atom stereocenters. The van der Waals surface area contributed by atoms with Crippen molar-refractivity contribution < 1.29 is 13.2 Å². The number of nitrogens with one attached hydrogen (secondary N) is 1. The molecule has 0 saturated carbocycles. The van der Waals surface area contributed by atoms with E-state index in [2.05, 4.69) is 15.5 Å². The van der Waals surface area contributed by atoms with E-state index in [4.69, 9.17) is 11.6 Å². The Balaban J connectivity index is 3.04. The number of nitrogens with zero attached hydrogens (tertiary/aromatic N) is 3. The predicted molar refractivity (Wildman–Crippen MR) is 74.0 cm³/mol. The summed E-state index contributed by atoms with van der Waals surface area (Å²) in [6.45, 7) is 5.00. The van der Waals surface area contributed by atoms with E-state index >= 15 is 0 Å². The Morgan fingerprint density at radius 1 is 1.47 bits per heavy atom. The van der Waals surface area contributed by atoms with Crippen LogP contribution < -0.4 is 5.32 Å². The quantitative estimate of drug-likeness (QED) is 0.625. The fourth-order valence-corrected chi connectivity index (χ4v) is 4.34. The van der Waals surface area contributed by atoms with E-state index < -0.39 is 10.0 Å². The van der Waals surface area contributed by atoms with E-state index in [1.54, 1.807) is 13.8 Å². The molecule has 19 heavy (non-hydrogen) atoms. The Kier molecular flexibility index (Phi) is 5.65. The van der Waals surface area contributed by atoms with Crippen LogP contribution in [-0.2, 0) is 14.8 Å². The minimum atomic E-state index is -3.73. The lowest BCUT2D eigenvalue weighted by Gasteiger charge is -2.23. The number of amides is 1. The van der Waals surface area contributed by atoms with Crippen LogP contribution in [0.3, 0.4) is 0 Å². The molecule has 1 amide bonds. The predicted octanol–water partition coefficient (Wildman–Crippen LogP) is 1.13. The van der Waals surface area contributed by atoms with Crippen LogP contribution >= 0.6 is 22.9 Å². The largest absolute Gasteiger partial charge is 0.301 e. The van der Waals surface area contributed by atoms with Gasteiger partial charge in [0.1, 0.15) is 0 Å². The van der Waals surface area contributed by atoms with E-state index in [0.717, 1.165) is 11.3 Å². The number of carbonyl (C=O) groups is 1. The maximum absolute atomic E-state index is 12.3. The van der Waals surface area contributed by atoms with Crippen molar-refractivity contribution in [2.45, 2.75) is 31.2 Å². The van der Waals surface area contributed by atoms with Crippen LogP contribution in [0.2, 0.25) is 0 Å². The van der Waals surface area contributed by atoms with Gasteiger partial charge in [-0.3, -0.25) is 4.79 Å². The van der Waals surface area contributed by atoms with Crippen LogP contribution in [0.5, 0.6) is 0 Å². The van der Waals surface area contributed by atoms with Crippen LogP contribution in [-0.4, -0.2) is 47.3 Å². The van der Waals surface area contributed by atoms with Crippen molar-refractivity contribution in [1.82, 2.24) is 14.5 Å². The van der Waals surface area contributed by atoms with E-state index in [0.29, 0.717) is 0 Å². The second-order valence-electron chi connectivity index (χ2n) is 3.95. The SMILES string of the molecule is CC(=O)Nc1nnc(S(=O)(=O)N(CCCl)C(C)C)s1. The average Bonchev–Trinajstić information content (AvgIpc) is 2.73. The first kappa shape index (κ1) is 16.3. The summed E-state index contributed by atoms with van der Waals surface area (Å²) in [6, 6.07) is -0.239. The van der Waals surface area contributed by atoms with Gasteiger partial charge in [0.15, 0.2) is 0 Å². The summed E-state index contributed by atoms with van der Waals surface area (Å²) < 4.78 is 25.7. The van der Waals surface area contributed by atoms with Gasteiger partial charge in [0.2, 0.25) is 15.4 Å². The Labute approximate surface area is 121 Å². The molecule has 0 aliphatic rings. The Bertz CT molecular complexity index is 543. The number of hydrogen-bond acceptors (Lipinski definition) is 6. The van der Waals surface area contributed by atoms with Gasteiger partial charge in [-0.2, -0.15) is 4.31 Å². The fourth-order valence-electron chi connectivity index (χ4n) is 1.35. The Hall–Kier alpha value is -0.770. The summed E-state index contributed by atoms with van der Waals surface area (Å²) in [5.41, 5.74) is 0. The van der Waals surface area contributed by atoms with Crippen molar-refractivity contribution in [2.75, 3.05) is 17.7 Å². The van der Waals surface area contributed by atoms with Crippen molar-refractivity contribution >= 4 is 44.0 Å². The number of halogens is 1. The molecule has 0 atom stereocenters. The molecule has 108 valence electrons. The maximum atomic E-state index is 12.3. The van der Waals surface area contributed by atoms with Crippen molar-refractivity contribution in [3.8, 4) is 0 Å². The van der Waals surface area contributed by atoms with Gasteiger partial charge < -0.3 is 5.32 Å². The van der Waals surface area contributed by atoms with Gasteiger partial charge in [-0.25, -0.2) is 8.42 Å². The molecule has 1 heterocycles. The van der Waals surface area contributed by atoms with Gasteiger partial charge in [-0.15, -0.1) is 21.8 Å². The minimum absolute atomic E-state index is 0.153. The molecule has 1 aromatic heterocycles. The zero-order valence-electron chi connectivity index (χ0n) is 10.8. The molecule has 0 aromatic carbocycles. The van der Waals surface area contributed by atoms with E-state index in [1.807, 2.05) is 0 Å². The average molecular weight is 327 g/mol. The number of sulfonamides is 1. The van der Waals surface area contributed by atoms with Gasteiger partial charge in [0, 0.05) is 25.4 Å². The van der Waals surface area contributed by atoms with Gasteiger partial charge in [0.25, 0.3) is 10.0 Å². The van der Waals surface area contributed by atoms with E-state index in [9.17, 15) is 13.2 Å². The van der Waals surface area contributed by atoms with Crippen LogP contribution in [0.1, 0.15) is 20.8 Å². The third-order valence-corrected chi connectivity index (χ3v) is 5.53. The molecule has 0 aliphatic carbocycles. The highest BCUT2D eigenvalue weighted by Crippen LogP contribution is 2.24. The molecule has 7 nitrogen and oxygen atoms in total. The summed E-state index contributed by atoms with van der Waals surface area (Å²) in [7, 11) is -3.73. The Morgan fingerprint density at radius 2 is 2.11 bits per heavy atom. The molecular weight excluding hydrogens is 312 g/mol. The minimum Gasteiger partial charge on any atom is -0.301 e. The first-order chi connectivity index (χ1) is 8.78. The highest BCUT2D eigenvalue weighted by atomic mass is 35.5. The molecular formula is C9H15ClN4O3S2. The zero-order chi connectivity index (χ0) is 14.6. The highest BCUT2D eigenvalue weighted by Gasteiger charge is 2.30. The first-order valence-corrected chi connectivity index (χ1v) is 8.27. The van der Waals surface area contributed by atoms with Gasteiger partial charge in [0.05, 0.1) is 0 Å². The number of anilines is 1. The highest BCUT2D eigenvalue weighted by molar-refractivity contribution is 7.91. The molecule has 0 spiro atoms. The summed E-state index contributed by atoms with van der Waals surface area (Å²) in [4.78, 5) is 10.9. The van der Waals surface area contributed by atoms with Crippen LogP contribution in [0, 0.1) is 0 Å². The smallest absolute Gasteiger partial charge is 0.272 e. The molecule has 0 bridgehead atoms. The lowest BCUT2D eigenvalue weighted by molar-refractivity contribution is -0.114. The molecule has 0 aliphatic heterocycles. The molecule has 0 fully saturated rings. The van der Waals surface area contributed by atoms with E-state index in [1.165, 1.54) is 11.2 Å². The number of hydrogen-bond donors (Lipinski definition) is 1. The number of aromatic nitrogens is 2. The van der Waals surface area contributed by atoms with Crippen LogP contribution in [0.15, 0.2) is 4.34 Å². The molecule has 0 saturated heterocycles. The van der Waals surface area contributed by atoms with Gasteiger partial charge in [-0.05, 0) is 13.8 Å². The first-order valence-electron chi connectivity index (χ1n) is 5.48. The monoisotopic (exact) mass is 326 g/mol. The lowest BCUT2D eigenvalue weighted by atomic mass is 10.4. The van der Waals surface area contributed by atoms with Crippen molar-refractivity contribution in [3.63, 3.8) is 0 Å². The number of alkyl halides is 1.